The first kappa shape index (κ1) is 19.1. The van der Waals surface area contributed by atoms with Crippen LogP contribution in [0.4, 0.5) is 5.69 Å². The molecule has 27 heavy (non-hydrogen) atoms. The Morgan fingerprint density at radius 1 is 1.07 bits per heavy atom. The second-order valence-electron chi connectivity index (χ2n) is 7.09. The molecule has 0 radical (unpaired) electrons. The molecule has 0 saturated heterocycles. The van der Waals surface area contributed by atoms with Crippen LogP contribution in [-0.2, 0) is 4.79 Å². The number of hydrogen-bond donors (Lipinski definition) is 3. The second kappa shape index (κ2) is 8.82. The molecule has 1 atom stereocenters. The highest BCUT2D eigenvalue weighted by molar-refractivity contribution is 6.04. The van der Waals surface area contributed by atoms with E-state index in [1.807, 2.05) is 6.07 Å². The van der Waals surface area contributed by atoms with Gasteiger partial charge in [0.05, 0.1) is 17.8 Å². The van der Waals surface area contributed by atoms with Crippen LogP contribution in [0.15, 0.2) is 48.5 Å². The van der Waals surface area contributed by atoms with Gasteiger partial charge >= 0.3 is 0 Å². The maximum atomic E-state index is 12.4. The van der Waals surface area contributed by atoms with Gasteiger partial charge in [0, 0.05) is 12.1 Å². The van der Waals surface area contributed by atoms with Gasteiger partial charge in [0.15, 0.2) is 0 Å². The minimum Gasteiger partial charge on any atom is -0.349 e. The van der Waals surface area contributed by atoms with E-state index >= 15 is 0 Å². The number of para-hydroxylation sites is 1. The molecule has 0 spiro atoms. The summed E-state index contributed by atoms with van der Waals surface area (Å²) in [6.07, 6.45) is 2.94. The summed E-state index contributed by atoms with van der Waals surface area (Å²) in [6, 6.07) is 15.9. The fraction of sp³-hybridized carbons (Fsp3) is 0.364. The molecule has 0 aliphatic heterocycles. The Morgan fingerprint density at radius 3 is 2.44 bits per heavy atom. The number of carbonyl (C=O) groups excluding carboxylic acids is 2. The summed E-state index contributed by atoms with van der Waals surface area (Å²) in [4.78, 5) is 24.8. The third-order valence-corrected chi connectivity index (χ3v) is 4.76. The van der Waals surface area contributed by atoms with Gasteiger partial charge in [0.25, 0.3) is 5.91 Å². The third kappa shape index (κ3) is 5.41. The third-order valence-electron chi connectivity index (χ3n) is 4.76. The predicted octanol–water partition coefficient (Wildman–Crippen LogP) is 3.57. The predicted molar refractivity (Wildman–Crippen MR) is 108 cm³/mol. The lowest BCUT2D eigenvalue weighted by atomic mass is 10.0. The largest absolute Gasteiger partial charge is 0.349 e. The van der Waals surface area contributed by atoms with Crippen molar-refractivity contribution in [2.75, 3.05) is 11.9 Å². The Kier molecular flexibility index (Phi) is 6.24. The molecular formula is C22H27N3O2. The molecule has 1 fully saturated rings. The zero-order valence-corrected chi connectivity index (χ0v) is 15.9. The number of hydrogen-bond acceptors (Lipinski definition) is 3. The molecule has 0 unspecified atom stereocenters. The smallest absolute Gasteiger partial charge is 0.253 e. The number of rotatable bonds is 8. The Hall–Kier alpha value is -2.66. The summed E-state index contributed by atoms with van der Waals surface area (Å²) in [5.74, 6) is -0.292. The van der Waals surface area contributed by atoms with E-state index in [0.29, 0.717) is 11.3 Å². The first-order valence-electron chi connectivity index (χ1n) is 9.56. The summed E-state index contributed by atoms with van der Waals surface area (Å²) in [5.41, 5.74) is 3.43. The molecule has 142 valence electrons. The molecule has 0 heterocycles. The van der Waals surface area contributed by atoms with E-state index in [9.17, 15) is 9.59 Å². The average molecular weight is 365 g/mol. The van der Waals surface area contributed by atoms with Crippen LogP contribution in [0.5, 0.6) is 0 Å². The highest BCUT2D eigenvalue weighted by atomic mass is 16.2. The Morgan fingerprint density at radius 2 is 1.78 bits per heavy atom. The standard InChI is InChI=1S/C22H27N3O2/c1-3-19(16-10-8-15(2)9-11-16)23-14-21(26)25-20-7-5-4-6-18(20)22(27)24-17-12-13-17/h4-11,17,19,23H,3,12-14H2,1-2H3,(H,24,27)(H,25,26)/t19-/m0/s1. The maximum absolute atomic E-state index is 12.4. The van der Waals surface area contributed by atoms with E-state index in [-0.39, 0.29) is 30.4 Å². The maximum Gasteiger partial charge on any atom is 0.253 e. The molecule has 0 bridgehead atoms. The fourth-order valence-corrected chi connectivity index (χ4v) is 2.99. The number of benzene rings is 2. The summed E-state index contributed by atoms with van der Waals surface area (Å²) in [7, 11) is 0. The minimum absolute atomic E-state index is 0.116. The summed E-state index contributed by atoms with van der Waals surface area (Å²) < 4.78 is 0. The van der Waals surface area contributed by atoms with Crippen molar-refractivity contribution in [1.29, 1.82) is 0 Å². The molecule has 0 aromatic heterocycles. The monoisotopic (exact) mass is 365 g/mol. The SMILES string of the molecule is CC[C@H](NCC(=O)Nc1ccccc1C(=O)NC1CC1)c1ccc(C)cc1. The van der Waals surface area contributed by atoms with Crippen molar-refractivity contribution in [1.82, 2.24) is 10.6 Å². The Bertz CT molecular complexity index is 797. The van der Waals surface area contributed by atoms with Gasteiger partial charge in [-0.3, -0.25) is 9.59 Å². The lowest BCUT2D eigenvalue weighted by molar-refractivity contribution is -0.115. The molecule has 1 saturated carbocycles. The van der Waals surface area contributed by atoms with Crippen LogP contribution >= 0.6 is 0 Å². The van der Waals surface area contributed by atoms with Crippen LogP contribution in [0, 0.1) is 6.92 Å². The number of aryl methyl sites for hydroxylation is 1. The van der Waals surface area contributed by atoms with Crippen molar-refractivity contribution in [3.8, 4) is 0 Å². The zero-order valence-electron chi connectivity index (χ0n) is 15.9. The van der Waals surface area contributed by atoms with Crippen molar-refractivity contribution in [2.24, 2.45) is 0 Å². The zero-order chi connectivity index (χ0) is 19.2. The van der Waals surface area contributed by atoms with Crippen LogP contribution in [0.1, 0.15) is 53.7 Å². The van der Waals surface area contributed by atoms with Crippen LogP contribution in [0.3, 0.4) is 0 Å². The molecule has 3 rings (SSSR count). The van der Waals surface area contributed by atoms with Gasteiger partial charge in [-0.2, -0.15) is 0 Å². The second-order valence-corrected chi connectivity index (χ2v) is 7.09. The van der Waals surface area contributed by atoms with E-state index in [0.717, 1.165) is 19.3 Å². The van der Waals surface area contributed by atoms with Gasteiger partial charge in [-0.15, -0.1) is 0 Å². The van der Waals surface area contributed by atoms with Gasteiger partial charge < -0.3 is 16.0 Å². The van der Waals surface area contributed by atoms with Crippen LogP contribution in [-0.4, -0.2) is 24.4 Å². The van der Waals surface area contributed by atoms with Crippen molar-refractivity contribution >= 4 is 17.5 Å². The molecule has 2 amide bonds. The van der Waals surface area contributed by atoms with Crippen LogP contribution < -0.4 is 16.0 Å². The number of nitrogens with one attached hydrogen (secondary N) is 3. The normalized spacial score (nSPS) is 14.4. The Labute approximate surface area is 160 Å². The fourth-order valence-electron chi connectivity index (χ4n) is 2.99. The highest BCUT2D eigenvalue weighted by Gasteiger charge is 2.25. The molecule has 2 aromatic carbocycles. The summed E-state index contributed by atoms with van der Waals surface area (Å²) in [5, 5.41) is 9.13. The molecule has 1 aliphatic rings. The molecule has 5 heteroatoms. The first-order chi connectivity index (χ1) is 13.1. The topological polar surface area (TPSA) is 70.2 Å². The van der Waals surface area contributed by atoms with Crippen LogP contribution in [0.25, 0.3) is 0 Å². The minimum atomic E-state index is -0.160. The Balaban J connectivity index is 1.58. The van der Waals surface area contributed by atoms with Gasteiger partial charge in [-0.05, 0) is 43.9 Å². The summed E-state index contributed by atoms with van der Waals surface area (Å²) >= 11 is 0. The summed E-state index contributed by atoms with van der Waals surface area (Å²) in [6.45, 7) is 4.33. The van der Waals surface area contributed by atoms with Gasteiger partial charge in [0.1, 0.15) is 0 Å². The van der Waals surface area contributed by atoms with Gasteiger partial charge in [-0.25, -0.2) is 0 Å². The van der Waals surface area contributed by atoms with E-state index in [1.54, 1.807) is 18.2 Å². The molecule has 2 aromatic rings. The van der Waals surface area contributed by atoms with E-state index < -0.39 is 0 Å². The molecular weight excluding hydrogens is 338 g/mol. The average Bonchev–Trinajstić information content (AvgIpc) is 3.48. The lowest BCUT2D eigenvalue weighted by Gasteiger charge is -2.18. The lowest BCUT2D eigenvalue weighted by Crippen LogP contribution is -2.32. The van der Waals surface area contributed by atoms with Gasteiger partial charge in [0.2, 0.25) is 5.91 Å². The molecule has 1 aliphatic carbocycles. The molecule has 3 N–H and O–H groups in total. The highest BCUT2D eigenvalue weighted by Crippen LogP contribution is 2.22. The quantitative estimate of drug-likeness (QED) is 0.670. The molecule has 5 nitrogen and oxygen atoms in total. The van der Waals surface area contributed by atoms with Crippen molar-refractivity contribution < 1.29 is 9.59 Å². The van der Waals surface area contributed by atoms with E-state index in [2.05, 4.69) is 54.1 Å². The van der Waals surface area contributed by atoms with Gasteiger partial charge in [-0.1, -0.05) is 48.9 Å². The number of carbonyl (C=O) groups is 2. The number of amides is 2. The van der Waals surface area contributed by atoms with Crippen molar-refractivity contribution in [3.63, 3.8) is 0 Å². The van der Waals surface area contributed by atoms with E-state index in [4.69, 9.17) is 0 Å². The van der Waals surface area contributed by atoms with E-state index in [1.165, 1.54) is 11.1 Å². The number of anilines is 1. The van der Waals surface area contributed by atoms with Crippen LogP contribution in [0.2, 0.25) is 0 Å². The van der Waals surface area contributed by atoms with Crippen molar-refractivity contribution in [2.45, 2.75) is 45.2 Å². The first-order valence-corrected chi connectivity index (χ1v) is 9.56. The van der Waals surface area contributed by atoms with Crippen molar-refractivity contribution in [3.05, 3.63) is 65.2 Å².